The molecule has 46 heavy (non-hydrogen) atoms. The van der Waals surface area contributed by atoms with Crippen LogP contribution in [0.25, 0.3) is 72.5 Å². The second kappa shape index (κ2) is 10.9. The zero-order valence-corrected chi connectivity index (χ0v) is 24.5. The Kier molecular flexibility index (Phi) is 6.57. The van der Waals surface area contributed by atoms with Crippen molar-refractivity contribution < 1.29 is 13.2 Å². The first-order valence-electron chi connectivity index (χ1n) is 15.0. The minimum absolute atomic E-state index is 0.662. The summed E-state index contributed by atoms with van der Waals surface area (Å²) in [6, 6.07) is 48.3. The number of alkyl halides is 3. The predicted octanol–water partition coefficient (Wildman–Crippen LogP) is 11.2. The van der Waals surface area contributed by atoms with Crippen molar-refractivity contribution in [3.05, 3.63) is 157 Å². The van der Waals surface area contributed by atoms with E-state index in [1.165, 1.54) is 12.1 Å². The lowest BCUT2D eigenvalue weighted by Gasteiger charge is -2.11. The highest BCUT2D eigenvalue weighted by atomic mass is 19.4. The van der Waals surface area contributed by atoms with Crippen LogP contribution in [0.4, 0.5) is 13.2 Å². The van der Waals surface area contributed by atoms with Crippen molar-refractivity contribution in [3.8, 4) is 50.7 Å². The lowest BCUT2D eigenvalue weighted by atomic mass is 10.0. The molecule has 8 aromatic rings. The molecule has 0 aliphatic heterocycles. The van der Waals surface area contributed by atoms with E-state index in [9.17, 15) is 13.2 Å². The largest absolute Gasteiger partial charge is 0.416 e. The number of halogens is 3. The molecule has 0 aliphatic rings. The average Bonchev–Trinajstić information content (AvgIpc) is 3.69. The topological polar surface area (TPSA) is 33.6 Å². The van der Waals surface area contributed by atoms with Crippen molar-refractivity contribution in [3.63, 3.8) is 0 Å². The third kappa shape index (κ3) is 4.85. The van der Waals surface area contributed by atoms with Crippen LogP contribution >= 0.6 is 0 Å². The SMILES string of the molecule is FC(F)(F)c1ccc(-n2c3ccccc3c3cc(-c4ccc(-c5nc(-c6ccccc6)c(-c6ccccc6)[nH]5)cc4)ccc32)cc1. The Morgan fingerprint density at radius 1 is 0.500 bits per heavy atom. The molecule has 0 aliphatic carbocycles. The smallest absolute Gasteiger partial charge is 0.337 e. The summed E-state index contributed by atoms with van der Waals surface area (Å²) in [5.74, 6) is 0.791. The molecular weight excluding hydrogens is 579 g/mol. The zero-order chi connectivity index (χ0) is 31.3. The summed E-state index contributed by atoms with van der Waals surface area (Å²) in [6.07, 6.45) is -4.38. The summed E-state index contributed by atoms with van der Waals surface area (Å²) in [5, 5.41) is 2.07. The molecule has 0 bridgehead atoms. The Labute approximate surface area is 263 Å². The number of fused-ring (bicyclic) bond motifs is 3. The van der Waals surface area contributed by atoms with E-state index in [0.29, 0.717) is 5.69 Å². The summed E-state index contributed by atoms with van der Waals surface area (Å²) < 4.78 is 41.7. The van der Waals surface area contributed by atoms with Gasteiger partial charge in [0.2, 0.25) is 0 Å². The summed E-state index contributed by atoms with van der Waals surface area (Å²) in [4.78, 5) is 8.60. The summed E-state index contributed by atoms with van der Waals surface area (Å²) >= 11 is 0. The van der Waals surface area contributed by atoms with E-state index in [-0.39, 0.29) is 0 Å². The van der Waals surface area contributed by atoms with E-state index < -0.39 is 11.7 Å². The van der Waals surface area contributed by atoms with Crippen LogP contribution in [0, 0.1) is 0 Å². The number of imidazole rings is 1. The van der Waals surface area contributed by atoms with Crippen molar-refractivity contribution in [2.75, 3.05) is 0 Å². The van der Waals surface area contributed by atoms with Crippen LogP contribution < -0.4 is 0 Å². The quantitative estimate of drug-likeness (QED) is 0.208. The van der Waals surface area contributed by atoms with Gasteiger partial charge < -0.3 is 9.55 Å². The van der Waals surface area contributed by atoms with Crippen LogP contribution in [0.3, 0.4) is 0 Å². The molecule has 0 spiro atoms. The Bertz CT molecular complexity index is 2260. The third-order valence-corrected chi connectivity index (χ3v) is 8.43. The van der Waals surface area contributed by atoms with Crippen LogP contribution in [-0.2, 0) is 6.18 Å². The Balaban J connectivity index is 1.17. The number of para-hydroxylation sites is 1. The number of benzene rings is 6. The van der Waals surface area contributed by atoms with Gasteiger partial charge in [-0.2, -0.15) is 13.2 Å². The Morgan fingerprint density at radius 2 is 1.09 bits per heavy atom. The van der Waals surface area contributed by atoms with Gasteiger partial charge in [0, 0.05) is 33.2 Å². The Morgan fingerprint density at radius 3 is 1.78 bits per heavy atom. The molecule has 0 atom stereocenters. The van der Waals surface area contributed by atoms with Crippen molar-refractivity contribution in [2.24, 2.45) is 0 Å². The molecule has 0 amide bonds. The molecule has 1 N–H and O–H groups in total. The maximum atomic E-state index is 13.2. The molecule has 0 fully saturated rings. The van der Waals surface area contributed by atoms with Gasteiger partial charge in [-0.05, 0) is 53.6 Å². The van der Waals surface area contributed by atoms with Gasteiger partial charge in [0.1, 0.15) is 5.82 Å². The average molecular weight is 606 g/mol. The number of hydrogen-bond acceptors (Lipinski definition) is 1. The first-order valence-corrected chi connectivity index (χ1v) is 15.0. The molecule has 3 nitrogen and oxygen atoms in total. The van der Waals surface area contributed by atoms with Gasteiger partial charge in [0.25, 0.3) is 0 Å². The lowest BCUT2D eigenvalue weighted by molar-refractivity contribution is -0.137. The number of H-pyrrole nitrogens is 1. The van der Waals surface area contributed by atoms with Gasteiger partial charge in [-0.25, -0.2) is 4.98 Å². The van der Waals surface area contributed by atoms with Gasteiger partial charge in [0.15, 0.2) is 0 Å². The highest BCUT2D eigenvalue weighted by molar-refractivity contribution is 6.10. The molecule has 6 aromatic carbocycles. The van der Waals surface area contributed by atoms with Gasteiger partial charge in [-0.3, -0.25) is 0 Å². The fraction of sp³-hybridized carbons (Fsp3) is 0.0250. The molecule has 2 aromatic heterocycles. The summed E-state index contributed by atoms with van der Waals surface area (Å²) in [5.41, 5.74) is 8.95. The number of nitrogens with one attached hydrogen (secondary N) is 1. The van der Waals surface area contributed by atoms with Crippen molar-refractivity contribution >= 4 is 21.8 Å². The van der Waals surface area contributed by atoms with Crippen LogP contribution in [0.2, 0.25) is 0 Å². The molecule has 0 saturated carbocycles. The molecular formula is C40H26F3N3. The van der Waals surface area contributed by atoms with Crippen molar-refractivity contribution in [2.45, 2.75) is 6.18 Å². The van der Waals surface area contributed by atoms with Crippen LogP contribution in [0.15, 0.2) is 152 Å². The van der Waals surface area contributed by atoms with E-state index in [1.54, 1.807) is 0 Å². The molecule has 0 radical (unpaired) electrons. The van der Waals surface area contributed by atoms with E-state index in [1.807, 2.05) is 65.2 Å². The summed E-state index contributed by atoms with van der Waals surface area (Å²) in [7, 11) is 0. The van der Waals surface area contributed by atoms with E-state index in [4.69, 9.17) is 4.98 Å². The number of nitrogens with zero attached hydrogens (tertiary/aromatic N) is 2. The molecule has 222 valence electrons. The second-order valence-electron chi connectivity index (χ2n) is 11.2. The van der Waals surface area contributed by atoms with Crippen LogP contribution in [0.1, 0.15) is 5.56 Å². The normalized spacial score (nSPS) is 11.8. The maximum Gasteiger partial charge on any atom is 0.416 e. The van der Waals surface area contributed by atoms with Gasteiger partial charge in [0.05, 0.1) is 28.0 Å². The predicted molar refractivity (Wildman–Crippen MR) is 180 cm³/mol. The number of hydrogen-bond donors (Lipinski definition) is 1. The minimum atomic E-state index is -4.38. The molecule has 8 rings (SSSR count). The fourth-order valence-electron chi connectivity index (χ4n) is 6.18. The number of aromatic nitrogens is 3. The van der Waals surface area contributed by atoms with E-state index in [0.717, 1.165) is 79.0 Å². The monoisotopic (exact) mass is 605 g/mol. The molecule has 6 heteroatoms. The van der Waals surface area contributed by atoms with Crippen LogP contribution in [-0.4, -0.2) is 14.5 Å². The van der Waals surface area contributed by atoms with Gasteiger partial charge in [-0.1, -0.05) is 109 Å². The Hall–Kier alpha value is -5.88. The van der Waals surface area contributed by atoms with Crippen molar-refractivity contribution in [1.82, 2.24) is 14.5 Å². The first-order chi connectivity index (χ1) is 22.4. The van der Waals surface area contributed by atoms with Gasteiger partial charge >= 0.3 is 6.18 Å². The fourth-order valence-corrected chi connectivity index (χ4v) is 6.18. The first kappa shape index (κ1) is 27.7. The molecule has 0 unspecified atom stereocenters. The second-order valence-corrected chi connectivity index (χ2v) is 11.2. The third-order valence-electron chi connectivity index (χ3n) is 8.43. The van der Waals surface area contributed by atoms with Gasteiger partial charge in [-0.15, -0.1) is 0 Å². The van der Waals surface area contributed by atoms with Crippen molar-refractivity contribution in [1.29, 1.82) is 0 Å². The lowest BCUT2D eigenvalue weighted by Crippen LogP contribution is -2.05. The highest BCUT2D eigenvalue weighted by Crippen LogP contribution is 2.37. The standard InChI is InChI=1S/C40H26F3N3/c41-40(42,43)31-20-22-32(23-21-31)46-35-14-8-7-13-33(35)34-25-30(19-24-36(34)46)26-15-17-29(18-16-26)39-44-37(27-9-3-1-4-10-27)38(45-39)28-11-5-2-6-12-28/h1-25H,(H,44,45). The summed E-state index contributed by atoms with van der Waals surface area (Å²) in [6.45, 7) is 0. The highest BCUT2D eigenvalue weighted by Gasteiger charge is 2.30. The molecule has 2 heterocycles. The number of rotatable bonds is 5. The zero-order valence-electron chi connectivity index (χ0n) is 24.5. The van der Waals surface area contributed by atoms with E-state index in [2.05, 4.69) is 71.7 Å². The van der Waals surface area contributed by atoms with E-state index >= 15 is 0 Å². The molecule has 0 saturated heterocycles. The minimum Gasteiger partial charge on any atom is -0.337 e. The van der Waals surface area contributed by atoms with Crippen LogP contribution in [0.5, 0.6) is 0 Å². The number of aromatic amines is 1. The maximum absolute atomic E-state index is 13.2.